The van der Waals surface area contributed by atoms with E-state index in [2.05, 4.69) is 33.8 Å². The minimum Gasteiger partial charge on any atom is -0.359 e. The molecule has 3 rings (SSSR count). The zero-order valence-electron chi connectivity index (χ0n) is 13.3. The Balaban J connectivity index is 2.04. The number of Topliss-reactive ketones (excluding diaryl/α,β-unsaturated/α-hetero) is 1. The Hall–Kier alpha value is -0.670. The Morgan fingerprint density at radius 1 is 1.30 bits per heavy atom. The second-order valence-electron chi connectivity index (χ2n) is 7.75. The van der Waals surface area contributed by atoms with E-state index in [9.17, 15) is 4.79 Å². The molecule has 0 amide bonds. The highest BCUT2D eigenvalue weighted by atomic mass is 16.7. The van der Waals surface area contributed by atoms with Gasteiger partial charge in [-0.2, -0.15) is 0 Å². The summed E-state index contributed by atoms with van der Waals surface area (Å²) in [6.45, 7) is 9.44. The molecule has 3 nitrogen and oxygen atoms in total. The van der Waals surface area contributed by atoms with E-state index in [-0.39, 0.29) is 22.3 Å². The van der Waals surface area contributed by atoms with Gasteiger partial charge in [-0.3, -0.25) is 4.79 Å². The number of rotatable bonds is 3. The van der Waals surface area contributed by atoms with Crippen LogP contribution < -0.4 is 0 Å². The lowest BCUT2D eigenvalue weighted by Gasteiger charge is -2.40. The summed E-state index contributed by atoms with van der Waals surface area (Å²) in [7, 11) is 1.65. The maximum absolute atomic E-state index is 12.2. The summed E-state index contributed by atoms with van der Waals surface area (Å²) in [5, 5.41) is 0. The van der Waals surface area contributed by atoms with Gasteiger partial charge in [0.25, 0.3) is 0 Å². The van der Waals surface area contributed by atoms with E-state index in [0.717, 1.165) is 6.42 Å². The minimum absolute atomic E-state index is 0.00999. The van der Waals surface area contributed by atoms with Gasteiger partial charge < -0.3 is 9.47 Å². The maximum atomic E-state index is 12.2. The quantitative estimate of drug-likeness (QED) is 0.587. The fraction of sp³-hybridized carbons (Fsp3) is 0.824. The fourth-order valence-corrected chi connectivity index (χ4v) is 5.29. The predicted molar refractivity (Wildman–Crippen MR) is 77.2 cm³/mol. The Kier molecular flexibility index (Phi) is 2.98. The average molecular weight is 278 g/mol. The van der Waals surface area contributed by atoms with Crippen LogP contribution in [0.3, 0.4) is 0 Å². The van der Waals surface area contributed by atoms with Gasteiger partial charge in [-0.15, -0.1) is 0 Å². The van der Waals surface area contributed by atoms with Gasteiger partial charge >= 0.3 is 0 Å². The van der Waals surface area contributed by atoms with Crippen molar-refractivity contribution in [1.82, 2.24) is 0 Å². The van der Waals surface area contributed by atoms with Gasteiger partial charge in [0, 0.05) is 30.8 Å². The summed E-state index contributed by atoms with van der Waals surface area (Å²) in [5.41, 5.74) is 1.55. The van der Waals surface area contributed by atoms with Crippen molar-refractivity contribution in [1.29, 1.82) is 0 Å². The second kappa shape index (κ2) is 4.17. The van der Waals surface area contributed by atoms with Gasteiger partial charge in [0.2, 0.25) is 0 Å². The van der Waals surface area contributed by atoms with Crippen LogP contribution in [-0.2, 0) is 14.3 Å². The summed E-state index contributed by atoms with van der Waals surface area (Å²) < 4.78 is 11.1. The lowest BCUT2D eigenvalue weighted by atomic mass is 9.63. The zero-order chi connectivity index (χ0) is 14.8. The molecule has 0 heterocycles. The van der Waals surface area contributed by atoms with Gasteiger partial charge in [0.15, 0.2) is 0 Å². The van der Waals surface area contributed by atoms with Crippen molar-refractivity contribution in [3.05, 3.63) is 11.6 Å². The molecule has 2 fully saturated rings. The monoisotopic (exact) mass is 278 g/mol. The van der Waals surface area contributed by atoms with Crippen LogP contribution in [0.1, 0.15) is 47.0 Å². The Morgan fingerprint density at radius 3 is 2.65 bits per heavy atom. The standard InChI is InChI=1S/C17H26O3/c1-11-7-17-9-12(18)8-16(17,4)14(20-10-19-5)6-13(17)15(11,2)3/h7,13-14H,6,8-10H2,1-5H3/t13-,14-,16+,17-/m0/s1. The van der Waals surface area contributed by atoms with Crippen molar-refractivity contribution in [3.8, 4) is 0 Å². The maximum Gasteiger partial charge on any atom is 0.146 e. The number of carbonyl (C=O) groups excluding carboxylic acids is 1. The summed E-state index contributed by atoms with van der Waals surface area (Å²) in [5.74, 6) is 0.901. The average Bonchev–Trinajstić information content (AvgIpc) is 2.79. The van der Waals surface area contributed by atoms with E-state index in [4.69, 9.17) is 9.47 Å². The predicted octanol–water partition coefficient (Wildman–Crippen LogP) is 3.34. The highest BCUT2D eigenvalue weighted by molar-refractivity contribution is 5.84. The number of hydrogen-bond acceptors (Lipinski definition) is 3. The summed E-state index contributed by atoms with van der Waals surface area (Å²) in [4.78, 5) is 12.2. The Morgan fingerprint density at radius 2 is 2.00 bits per heavy atom. The van der Waals surface area contributed by atoms with E-state index in [1.165, 1.54) is 5.57 Å². The molecule has 112 valence electrons. The zero-order valence-corrected chi connectivity index (χ0v) is 13.3. The van der Waals surface area contributed by atoms with Crippen molar-refractivity contribution in [3.63, 3.8) is 0 Å². The lowest BCUT2D eigenvalue weighted by molar-refractivity contribution is -0.124. The lowest BCUT2D eigenvalue weighted by Crippen LogP contribution is -2.39. The number of ether oxygens (including phenoxy) is 2. The van der Waals surface area contributed by atoms with Gasteiger partial charge in [-0.25, -0.2) is 0 Å². The molecule has 0 aliphatic heterocycles. The molecular weight excluding hydrogens is 252 g/mol. The molecule has 4 atom stereocenters. The number of ketones is 1. The van der Waals surface area contributed by atoms with Gasteiger partial charge in [0.05, 0.1) is 6.10 Å². The van der Waals surface area contributed by atoms with Crippen molar-refractivity contribution < 1.29 is 14.3 Å². The van der Waals surface area contributed by atoms with Crippen molar-refractivity contribution >= 4 is 5.78 Å². The fourth-order valence-electron chi connectivity index (χ4n) is 5.29. The van der Waals surface area contributed by atoms with Crippen LogP contribution in [0, 0.1) is 22.2 Å². The third kappa shape index (κ3) is 1.51. The van der Waals surface area contributed by atoms with Crippen LogP contribution >= 0.6 is 0 Å². The molecular formula is C17H26O3. The molecule has 0 unspecified atom stereocenters. The summed E-state index contributed by atoms with van der Waals surface area (Å²) in [6.07, 6.45) is 4.93. The topological polar surface area (TPSA) is 35.5 Å². The molecule has 0 N–H and O–H groups in total. The SMILES string of the molecule is COCO[C@H]1C[C@H]2C(C)(C)C(C)=C[C@]23CC(=O)C[C@]13C. The van der Waals surface area contributed by atoms with Crippen LogP contribution in [0.4, 0.5) is 0 Å². The van der Waals surface area contributed by atoms with E-state index in [1.807, 2.05) is 0 Å². The van der Waals surface area contributed by atoms with Crippen LogP contribution in [0.15, 0.2) is 11.6 Å². The third-order valence-electron chi connectivity index (χ3n) is 6.65. The van der Waals surface area contributed by atoms with Gasteiger partial charge in [-0.05, 0) is 24.7 Å². The molecule has 20 heavy (non-hydrogen) atoms. The summed E-state index contributed by atoms with van der Waals surface area (Å²) in [6, 6.07) is 0. The molecule has 0 radical (unpaired) electrons. The first kappa shape index (κ1) is 14.3. The first-order valence-electron chi connectivity index (χ1n) is 7.60. The first-order valence-corrected chi connectivity index (χ1v) is 7.60. The highest BCUT2D eigenvalue weighted by Gasteiger charge is 2.71. The van der Waals surface area contributed by atoms with Crippen molar-refractivity contribution in [2.45, 2.75) is 53.1 Å². The molecule has 0 aromatic heterocycles. The molecule has 0 aromatic rings. The third-order valence-corrected chi connectivity index (χ3v) is 6.65. The molecule has 3 aliphatic carbocycles. The highest BCUT2D eigenvalue weighted by Crippen LogP contribution is 2.73. The molecule has 1 spiro atoms. The molecule has 2 saturated carbocycles. The number of methoxy groups -OCH3 is 1. The smallest absolute Gasteiger partial charge is 0.146 e. The minimum atomic E-state index is -0.0672. The first-order chi connectivity index (χ1) is 9.28. The van der Waals surface area contributed by atoms with E-state index >= 15 is 0 Å². The Bertz CT molecular complexity index is 479. The number of allylic oxidation sites excluding steroid dienone is 2. The van der Waals surface area contributed by atoms with Crippen LogP contribution in [0.2, 0.25) is 0 Å². The molecule has 0 aromatic carbocycles. The van der Waals surface area contributed by atoms with E-state index in [1.54, 1.807) is 7.11 Å². The largest absolute Gasteiger partial charge is 0.359 e. The van der Waals surface area contributed by atoms with Crippen LogP contribution in [0.5, 0.6) is 0 Å². The van der Waals surface area contributed by atoms with Gasteiger partial charge in [-0.1, -0.05) is 32.4 Å². The normalized spacial score (nSPS) is 45.5. The number of carbonyl (C=O) groups is 1. The van der Waals surface area contributed by atoms with E-state index in [0.29, 0.717) is 31.3 Å². The molecule has 0 bridgehead atoms. The second-order valence-corrected chi connectivity index (χ2v) is 7.75. The number of hydrogen-bond donors (Lipinski definition) is 0. The molecule has 0 saturated heterocycles. The van der Waals surface area contributed by atoms with Crippen molar-refractivity contribution in [2.24, 2.45) is 22.2 Å². The van der Waals surface area contributed by atoms with Gasteiger partial charge in [0.1, 0.15) is 12.6 Å². The van der Waals surface area contributed by atoms with Crippen LogP contribution in [-0.4, -0.2) is 25.8 Å². The van der Waals surface area contributed by atoms with Crippen LogP contribution in [0.25, 0.3) is 0 Å². The van der Waals surface area contributed by atoms with E-state index < -0.39 is 0 Å². The molecule has 3 aliphatic rings. The molecule has 3 heteroatoms. The Labute approximate surface area is 121 Å². The van der Waals surface area contributed by atoms with Crippen molar-refractivity contribution in [2.75, 3.05) is 13.9 Å². The summed E-state index contributed by atoms with van der Waals surface area (Å²) >= 11 is 0.